The van der Waals surface area contributed by atoms with Gasteiger partial charge in [-0.25, -0.2) is 4.98 Å². The van der Waals surface area contributed by atoms with Crippen LogP contribution >= 0.6 is 0 Å². The molecule has 0 aliphatic carbocycles. The van der Waals surface area contributed by atoms with Gasteiger partial charge in [-0.1, -0.05) is 19.4 Å². The van der Waals surface area contributed by atoms with Gasteiger partial charge in [-0.15, -0.1) is 0 Å². The molecule has 2 N–H and O–H groups in total. The van der Waals surface area contributed by atoms with Crippen LogP contribution in [-0.4, -0.2) is 16.6 Å². The average Bonchev–Trinajstić information content (AvgIpc) is 2.41. The number of hydrogen-bond donors (Lipinski definition) is 2. The summed E-state index contributed by atoms with van der Waals surface area (Å²) in [5, 5.41) is 12.7. The van der Waals surface area contributed by atoms with E-state index in [2.05, 4.69) is 17.2 Å². The van der Waals surface area contributed by atoms with Crippen LogP contribution in [0.2, 0.25) is 0 Å². The van der Waals surface area contributed by atoms with Crippen molar-refractivity contribution >= 4 is 0 Å². The van der Waals surface area contributed by atoms with Crippen molar-refractivity contribution in [3.05, 3.63) is 23.4 Å². The third-order valence-corrected chi connectivity index (χ3v) is 2.80. The normalized spacial score (nSPS) is 22.4. The van der Waals surface area contributed by atoms with E-state index >= 15 is 0 Å². The smallest absolute Gasteiger partial charge is 0.210 e. The van der Waals surface area contributed by atoms with Gasteiger partial charge in [0.15, 0.2) is 0 Å². The van der Waals surface area contributed by atoms with Crippen molar-refractivity contribution in [1.29, 1.82) is 0 Å². The lowest BCUT2D eigenvalue weighted by Gasteiger charge is -2.10. The number of pyridine rings is 1. The zero-order valence-electron chi connectivity index (χ0n) is 9.38. The van der Waals surface area contributed by atoms with Crippen molar-refractivity contribution in [2.45, 2.75) is 26.3 Å². The van der Waals surface area contributed by atoms with Crippen LogP contribution in [0.25, 0.3) is 0 Å². The summed E-state index contributed by atoms with van der Waals surface area (Å²) in [7, 11) is 0. The molecule has 3 heteroatoms. The van der Waals surface area contributed by atoms with Crippen LogP contribution in [0.1, 0.15) is 26.0 Å². The minimum Gasteiger partial charge on any atom is -0.493 e. The van der Waals surface area contributed by atoms with Crippen molar-refractivity contribution in [3.8, 4) is 5.88 Å². The van der Waals surface area contributed by atoms with Gasteiger partial charge in [0.2, 0.25) is 5.88 Å². The van der Waals surface area contributed by atoms with Crippen LogP contribution in [0.5, 0.6) is 5.88 Å². The first-order chi connectivity index (χ1) is 7.20. The summed E-state index contributed by atoms with van der Waals surface area (Å²) in [4.78, 5) is 4.05. The highest BCUT2D eigenvalue weighted by Gasteiger charge is 2.15. The minimum atomic E-state index is -0.162. The van der Waals surface area contributed by atoms with Crippen LogP contribution in [0.3, 0.4) is 0 Å². The van der Waals surface area contributed by atoms with Crippen molar-refractivity contribution in [3.63, 3.8) is 0 Å². The molecule has 14 heavy (non-hydrogen) atoms. The Hall–Kier alpha value is -1.09. The Morgan fingerprint density at radius 1 is 1.79 bits per heavy atom. The SMILES string of the molecule is [2H]c1cc2c(nc1O)CNC[C@@H](CC)C2. The predicted molar refractivity (Wildman–Crippen MR) is 55.1 cm³/mol. The molecule has 0 unspecified atom stereocenters. The summed E-state index contributed by atoms with van der Waals surface area (Å²) in [6, 6.07) is 1.87. The molecule has 1 aromatic heterocycles. The number of rotatable bonds is 1. The van der Waals surface area contributed by atoms with E-state index in [1.165, 1.54) is 0 Å². The second kappa shape index (κ2) is 3.96. The van der Waals surface area contributed by atoms with Gasteiger partial charge in [-0.2, -0.15) is 0 Å². The maximum absolute atomic E-state index is 9.36. The Morgan fingerprint density at radius 3 is 3.43 bits per heavy atom. The molecule has 1 aliphatic heterocycles. The number of fused-ring (bicyclic) bond motifs is 1. The summed E-state index contributed by atoms with van der Waals surface area (Å²) in [5.74, 6) is 0.447. The lowest BCUT2D eigenvalue weighted by Crippen LogP contribution is -2.19. The fourth-order valence-corrected chi connectivity index (χ4v) is 1.86. The molecule has 0 saturated heterocycles. The minimum absolute atomic E-state index is 0.130. The van der Waals surface area contributed by atoms with Crippen LogP contribution < -0.4 is 5.32 Å². The lowest BCUT2D eigenvalue weighted by molar-refractivity contribution is 0.450. The molecule has 2 heterocycles. The van der Waals surface area contributed by atoms with E-state index in [1.54, 1.807) is 6.07 Å². The second-order valence-electron chi connectivity index (χ2n) is 3.81. The monoisotopic (exact) mass is 193 g/mol. The van der Waals surface area contributed by atoms with Gasteiger partial charge >= 0.3 is 0 Å². The molecule has 1 aromatic rings. The zero-order chi connectivity index (χ0) is 10.8. The van der Waals surface area contributed by atoms with Gasteiger partial charge in [-0.3, -0.25) is 0 Å². The largest absolute Gasteiger partial charge is 0.493 e. The molecule has 0 saturated carbocycles. The van der Waals surface area contributed by atoms with Gasteiger partial charge in [0.1, 0.15) is 0 Å². The molecular formula is C11H16N2O. The highest BCUT2D eigenvalue weighted by molar-refractivity contribution is 5.26. The van der Waals surface area contributed by atoms with Gasteiger partial charge in [-0.05, 0) is 24.4 Å². The molecule has 3 nitrogen and oxygen atoms in total. The molecular weight excluding hydrogens is 176 g/mol. The van der Waals surface area contributed by atoms with E-state index in [9.17, 15) is 5.11 Å². The Kier molecular flexibility index (Phi) is 2.33. The molecule has 0 radical (unpaired) electrons. The van der Waals surface area contributed by atoms with E-state index in [-0.39, 0.29) is 11.9 Å². The molecule has 0 aromatic carbocycles. The summed E-state index contributed by atoms with van der Waals surface area (Å²) >= 11 is 0. The topological polar surface area (TPSA) is 45.2 Å². The molecule has 2 rings (SSSR count). The van der Waals surface area contributed by atoms with Gasteiger partial charge in [0.25, 0.3) is 0 Å². The van der Waals surface area contributed by atoms with Crippen molar-refractivity contribution in [2.75, 3.05) is 6.54 Å². The standard InChI is InChI=1S/C11H16N2O/c1-2-8-5-9-3-4-11(14)13-10(9)7-12-6-8/h3-4,8,12H,2,5-7H2,1H3,(H,13,14)/t8-/m0/s1/i4D. The molecule has 0 fully saturated rings. The first-order valence-corrected chi connectivity index (χ1v) is 5.09. The van der Waals surface area contributed by atoms with Crippen LogP contribution in [-0.2, 0) is 13.0 Å². The van der Waals surface area contributed by atoms with E-state index in [4.69, 9.17) is 1.37 Å². The third-order valence-electron chi connectivity index (χ3n) is 2.80. The highest BCUT2D eigenvalue weighted by atomic mass is 16.3. The van der Waals surface area contributed by atoms with Crippen LogP contribution in [0.15, 0.2) is 12.1 Å². The third kappa shape index (κ3) is 1.87. The first-order valence-electron chi connectivity index (χ1n) is 5.59. The number of nitrogens with zero attached hydrogens (tertiary/aromatic N) is 1. The maximum Gasteiger partial charge on any atom is 0.210 e. The van der Waals surface area contributed by atoms with Crippen molar-refractivity contribution in [2.24, 2.45) is 5.92 Å². The Balaban J connectivity index is 2.34. The molecule has 76 valence electrons. The number of nitrogens with one attached hydrogen (secondary N) is 1. The first kappa shape index (κ1) is 8.24. The molecule has 0 amide bonds. The second-order valence-corrected chi connectivity index (χ2v) is 3.81. The Labute approximate surface area is 85.6 Å². The van der Waals surface area contributed by atoms with E-state index in [0.29, 0.717) is 12.5 Å². The number of aromatic hydroxyl groups is 1. The quantitative estimate of drug-likeness (QED) is 0.709. The van der Waals surface area contributed by atoms with E-state index in [1.807, 2.05) is 0 Å². The lowest BCUT2D eigenvalue weighted by atomic mass is 9.97. The summed E-state index contributed by atoms with van der Waals surface area (Å²) in [6.45, 7) is 3.85. The van der Waals surface area contributed by atoms with Crippen molar-refractivity contribution < 1.29 is 6.48 Å². The Morgan fingerprint density at radius 2 is 2.64 bits per heavy atom. The molecule has 1 atom stereocenters. The van der Waals surface area contributed by atoms with Gasteiger partial charge < -0.3 is 10.4 Å². The molecule has 0 spiro atoms. The molecule has 0 bridgehead atoms. The van der Waals surface area contributed by atoms with E-state index in [0.717, 1.165) is 30.6 Å². The summed E-state index contributed by atoms with van der Waals surface area (Å²) in [5.41, 5.74) is 1.99. The van der Waals surface area contributed by atoms with Crippen molar-refractivity contribution in [1.82, 2.24) is 10.3 Å². The number of hydrogen-bond acceptors (Lipinski definition) is 3. The summed E-state index contributed by atoms with van der Waals surface area (Å²) < 4.78 is 7.52. The number of aromatic nitrogens is 1. The van der Waals surface area contributed by atoms with Crippen LogP contribution in [0, 0.1) is 5.92 Å². The van der Waals surface area contributed by atoms with Crippen LogP contribution in [0.4, 0.5) is 0 Å². The Bertz CT molecular complexity index is 368. The van der Waals surface area contributed by atoms with Gasteiger partial charge in [0, 0.05) is 12.6 Å². The zero-order valence-corrected chi connectivity index (χ0v) is 8.38. The van der Waals surface area contributed by atoms with Gasteiger partial charge in [0.05, 0.1) is 7.06 Å². The fourth-order valence-electron chi connectivity index (χ4n) is 1.86. The summed E-state index contributed by atoms with van der Waals surface area (Å²) in [6.07, 6.45) is 2.08. The average molecular weight is 193 g/mol. The molecule has 1 aliphatic rings. The maximum atomic E-state index is 9.36. The highest BCUT2D eigenvalue weighted by Crippen LogP contribution is 2.20. The fraction of sp³-hybridized carbons (Fsp3) is 0.545. The predicted octanol–water partition coefficient (Wildman–Crippen LogP) is 1.46. The van der Waals surface area contributed by atoms with E-state index < -0.39 is 0 Å².